The second kappa shape index (κ2) is 3.54. The molecule has 0 amide bonds. The van der Waals surface area contributed by atoms with Gasteiger partial charge < -0.3 is 0 Å². The molecule has 0 spiro atoms. The Morgan fingerprint density at radius 2 is 1.73 bits per heavy atom. The molecule has 0 aliphatic rings. The van der Waals surface area contributed by atoms with E-state index in [9.17, 15) is 4.39 Å². The first-order valence-electron chi connectivity index (χ1n) is 2.83. The first kappa shape index (κ1) is 9.68. The summed E-state index contributed by atoms with van der Waals surface area (Å²) in [5, 5.41) is 0. The number of rotatable bonds is 0. The van der Waals surface area contributed by atoms with Crippen molar-refractivity contribution in [2.24, 2.45) is 0 Å². The highest BCUT2D eigenvalue weighted by Gasteiger charge is 2.09. The summed E-state index contributed by atoms with van der Waals surface area (Å²) in [5.74, 6) is -0.230. The van der Waals surface area contributed by atoms with Gasteiger partial charge in [0.15, 0.2) is 0 Å². The molecule has 0 N–H and O–H groups in total. The fourth-order valence-electron chi connectivity index (χ4n) is 0.657. The lowest BCUT2D eigenvalue weighted by atomic mass is 10.2. The molecule has 0 saturated heterocycles. The van der Waals surface area contributed by atoms with Crippen LogP contribution in [-0.2, 0) is 0 Å². The largest absolute Gasteiger partial charge is 0.205 e. The molecule has 1 rings (SSSR count). The zero-order valence-electron chi connectivity index (χ0n) is 5.59. The Kier molecular flexibility index (Phi) is 3.11. The van der Waals surface area contributed by atoms with Crippen molar-refractivity contribution in [3.05, 3.63) is 30.9 Å². The molecule has 0 atom stereocenters. The summed E-state index contributed by atoms with van der Waals surface area (Å²) in [6, 6.07) is 1.81. The van der Waals surface area contributed by atoms with Gasteiger partial charge in [-0.25, -0.2) is 4.39 Å². The van der Waals surface area contributed by atoms with Crippen LogP contribution >= 0.6 is 47.8 Å². The molecule has 60 valence electrons. The Morgan fingerprint density at radius 3 is 2.27 bits per heavy atom. The molecule has 0 heterocycles. The van der Waals surface area contributed by atoms with Crippen LogP contribution in [0, 0.1) is 12.7 Å². The van der Waals surface area contributed by atoms with Crippen LogP contribution in [0.2, 0.25) is 0 Å². The van der Waals surface area contributed by atoms with Crippen LogP contribution in [0.5, 0.6) is 0 Å². The SMILES string of the molecule is Cc1c(Br)cc(Br)c(Br)c1F. The van der Waals surface area contributed by atoms with Crippen molar-refractivity contribution >= 4 is 47.8 Å². The van der Waals surface area contributed by atoms with E-state index in [0.717, 1.165) is 4.47 Å². The Bertz CT molecular complexity index is 270. The molecule has 0 nitrogen and oxygen atoms in total. The average Bonchev–Trinajstić information content (AvgIpc) is 1.97. The van der Waals surface area contributed by atoms with Crippen LogP contribution in [0.15, 0.2) is 19.5 Å². The monoisotopic (exact) mass is 344 g/mol. The molecule has 0 fully saturated rings. The van der Waals surface area contributed by atoms with Crippen molar-refractivity contribution in [3.8, 4) is 0 Å². The summed E-state index contributed by atoms with van der Waals surface area (Å²) in [6.07, 6.45) is 0. The van der Waals surface area contributed by atoms with Gasteiger partial charge in [-0.1, -0.05) is 15.9 Å². The van der Waals surface area contributed by atoms with Gasteiger partial charge in [-0.3, -0.25) is 0 Å². The summed E-state index contributed by atoms with van der Waals surface area (Å²) in [4.78, 5) is 0. The van der Waals surface area contributed by atoms with Crippen molar-refractivity contribution in [1.82, 2.24) is 0 Å². The van der Waals surface area contributed by atoms with Gasteiger partial charge in [0, 0.05) is 14.5 Å². The number of halogens is 4. The lowest BCUT2D eigenvalue weighted by Gasteiger charge is -2.03. The van der Waals surface area contributed by atoms with Crippen LogP contribution in [0.4, 0.5) is 4.39 Å². The molecule has 0 aliphatic heterocycles. The predicted octanol–water partition coefficient (Wildman–Crippen LogP) is 4.42. The molecule has 0 saturated carbocycles. The van der Waals surface area contributed by atoms with E-state index < -0.39 is 0 Å². The summed E-state index contributed by atoms with van der Waals surface area (Å²) in [5.41, 5.74) is 0.611. The molecular formula is C7H4Br3F. The summed E-state index contributed by atoms with van der Waals surface area (Å²) in [6.45, 7) is 1.72. The van der Waals surface area contributed by atoms with E-state index in [2.05, 4.69) is 47.8 Å². The summed E-state index contributed by atoms with van der Waals surface area (Å²) in [7, 11) is 0. The average molecular weight is 347 g/mol. The second-order valence-corrected chi connectivity index (χ2v) is 4.59. The third kappa shape index (κ3) is 1.84. The van der Waals surface area contributed by atoms with Crippen LogP contribution < -0.4 is 0 Å². The molecule has 1 aromatic rings. The lowest BCUT2D eigenvalue weighted by molar-refractivity contribution is 0.609. The first-order valence-corrected chi connectivity index (χ1v) is 5.21. The highest BCUT2D eigenvalue weighted by molar-refractivity contribution is 9.13. The predicted molar refractivity (Wildman–Crippen MR) is 54.2 cm³/mol. The Hall–Kier alpha value is 0.590. The maximum atomic E-state index is 13.1. The van der Waals surface area contributed by atoms with Crippen molar-refractivity contribution in [3.63, 3.8) is 0 Å². The molecule has 0 unspecified atom stereocenters. The van der Waals surface area contributed by atoms with Crippen LogP contribution in [-0.4, -0.2) is 0 Å². The van der Waals surface area contributed by atoms with Gasteiger partial charge in [0.05, 0.1) is 4.47 Å². The van der Waals surface area contributed by atoms with Gasteiger partial charge in [0.2, 0.25) is 0 Å². The quantitative estimate of drug-likeness (QED) is 0.482. The summed E-state index contributed by atoms with van der Waals surface area (Å²) >= 11 is 9.58. The molecule has 0 aliphatic carbocycles. The van der Waals surface area contributed by atoms with E-state index in [1.807, 2.05) is 6.07 Å². The number of hydrogen-bond acceptors (Lipinski definition) is 0. The van der Waals surface area contributed by atoms with E-state index in [0.29, 0.717) is 14.5 Å². The Morgan fingerprint density at radius 1 is 1.18 bits per heavy atom. The van der Waals surface area contributed by atoms with Gasteiger partial charge in [0.1, 0.15) is 5.82 Å². The molecule has 11 heavy (non-hydrogen) atoms. The van der Waals surface area contributed by atoms with Gasteiger partial charge >= 0.3 is 0 Å². The zero-order valence-corrected chi connectivity index (χ0v) is 10.3. The fraction of sp³-hybridized carbons (Fsp3) is 0.143. The molecule has 4 heteroatoms. The fourth-order valence-corrected chi connectivity index (χ4v) is 2.18. The minimum Gasteiger partial charge on any atom is -0.205 e. The maximum Gasteiger partial charge on any atom is 0.142 e. The number of benzene rings is 1. The maximum absolute atomic E-state index is 13.1. The third-order valence-corrected chi connectivity index (χ3v) is 4.10. The topological polar surface area (TPSA) is 0 Å². The van der Waals surface area contributed by atoms with Crippen LogP contribution in [0.3, 0.4) is 0 Å². The van der Waals surface area contributed by atoms with E-state index in [4.69, 9.17) is 0 Å². The van der Waals surface area contributed by atoms with Crippen LogP contribution in [0.1, 0.15) is 5.56 Å². The van der Waals surface area contributed by atoms with Gasteiger partial charge in [0.25, 0.3) is 0 Å². The van der Waals surface area contributed by atoms with Gasteiger partial charge in [-0.15, -0.1) is 0 Å². The normalized spacial score (nSPS) is 10.3. The van der Waals surface area contributed by atoms with Crippen LogP contribution in [0.25, 0.3) is 0 Å². The third-order valence-electron chi connectivity index (χ3n) is 1.34. The summed E-state index contributed by atoms with van der Waals surface area (Å²) < 4.78 is 15.1. The smallest absolute Gasteiger partial charge is 0.142 e. The second-order valence-electron chi connectivity index (χ2n) is 2.09. The van der Waals surface area contributed by atoms with Crippen molar-refractivity contribution < 1.29 is 4.39 Å². The van der Waals surface area contributed by atoms with Gasteiger partial charge in [-0.2, -0.15) is 0 Å². The van der Waals surface area contributed by atoms with Gasteiger partial charge in [-0.05, 0) is 44.8 Å². The van der Waals surface area contributed by atoms with Crippen molar-refractivity contribution in [2.45, 2.75) is 6.92 Å². The standard InChI is InChI=1S/C7H4Br3F/c1-3-4(8)2-5(9)6(10)7(3)11/h2H,1H3. The molecule has 0 radical (unpaired) electrons. The Labute approximate surface area is 89.6 Å². The van der Waals surface area contributed by atoms with E-state index in [1.165, 1.54) is 0 Å². The highest BCUT2D eigenvalue weighted by Crippen LogP contribution is 2.32. The molecule has 0 bridgehead atoms. The minimum atomic E-state index is -0.230. The van der Waals surface area contributed by atoms with Crippen molar-refractivity contribution in [1.29, 1.82) is 0 Å². The minimum absolute atomic E-state index is 0.230. The zero-order chi connectivity index (χ0) is 8.59. The van der Waals surface area contributed by atoms with E-state index >= 15 is 0 Å². The van der Waals surface area contributed by atoms with E-state index in [1.54, 1.807) is 6.92 Å². The highest BCUT2D eigenvalue weighted by atomic mass is 79.9. The lowest BCUT2D eigenvalue weighted by Crippen LogP contribution is -1.86. The first-order chi connectivity index (χ1) is 5.04. The Balaban J connectivity index is 3.46. The molecular weight excluding hydrogens is 343 g/mol. The molecule has 0 aromatic heterocycles. The van der Waals surface area contributed by atoms with E-state index in [-0.39, 0.29) is 5.82 Å². The molecule has 1 aromatic carbocycles. The number of hydrogen-bond donors (Lipinski definition) is 0. The van der Waals surface area contributed by atoms with Crippen molar-refractivity contribution in [2.75, 3.05) is 0 Å².